The number of aryl methyl sites for hydroxylation is 2. The molecule has 4 N–H and O–H groups in total. The molecule has 4 rings (SSSR count). The molecule has 1 heterocycles. The molecule has 0 unspecified atom stereocenters. The van der Waals surface area contributed by atoms with Gasteiger partial charge in [0.15, 0.2) is 0 Å². The number of aromatic hydroxyl groups is 1. The Balaban J connectivity index is 1.55. The molecule has 1 amide bonds. The van der Waals surface area contributed by atoms with E-state index in [1.54, 1.807) is 24.3 Å². The number of nitrogens with two attached hydrogens (primary N) is 1. The molecule has 0 aliphatic rings. The number of ether oxygens (including phenoxy) is 1. The fourth-order valence-electron chi connectivity index (χ4n) is 3.48. The molecular weight excluding hydrogens is 390 g/mol. The quantitative estimate of drug-likeness (QED) is 0.429. The molecule has 4 aromatic rings. The summed E-state index contributed by atoms with van der Waals surface area (Å²) in [5, 5.41) is 13.3. The third-order valence-corrected chi connectivity index (χ3v) is 5.03. The van der Waals surface area contributed by atoms with Crippen molar-refractivity contribution < 1.29 is 14.6 Å². The molecule has 31 heavy (non-hydrogen) atoms. The van der Waals surface area contributed by atoms with Crippen molar-refractivity contribution in [3.8, 4) is 11.5 Å². The van der Waals surface area contributed by atoms with E-state index in [9.17, 15) is 9.90 Å². The van der Waals surface area contributed by atoms with Gasteiger partial charge in [0.05, 0.1) is 5.52 Å². The number of amides is 1. The number of carbonyl (C=O) groups excluding carboxylic acids is 1. The van der Waals surface area contributed by atoms with Crippen LogP contribution in [0.25, 0.3) is 10.9 Å². The maximum Gasteiger partial charge on any atom is 0.256 e. The molecule has 1 aromatic heterocycles. The summed E-state index contributed by atoms with van der Waals surface area (Å²) in [4.78, 5) is 17.5. The number of rotatable bonds is 5. The first-order valence-corrected chi connectivity index (χ1v) is 9.89. The third-order valence-electron chi connectivity index (χ3n) is 5.03. The lowest BCUT2D eigenvalue weighted by Crippen LogP contribution is -2.15. The minimum atomic E-state index is -0.236. The summed E-state index contributed by atoms with van der Waals surface area (Å²) in [6.07, 6.45) is 0. The topological polar surface area (TPSA) is 97.5 Å². The van der Waals surface area contributed by atoms with Gasteiger partial charge in [0.1, 0.15) is 18.1 Å². The molecule has 0 radical (unpaired) electrons. The van der Waals surface area contributed by atoms with E-state index >= 15 is 0 Å². The largest absolute Gasteiger partial charge is 0.508 e. The van der Waals surface area contributed by atoms with E-state index < -0.39 is 0 Å². The molecular formula is C25H23N3O3. The molecule has 3 aromatic carbocycles. The van der Waals surface area contributed by atoms with Crippen molar-refractivity contribution >= 4 is 28.2 Å². The van der Waals surface area contributed by atoms with Crippen LogP contribution >= 0.6 is 0 Å². The highest BCUT2D eigenvalue weighted by Gasteiger charge is 2.13. The molecule has 0 aliphatic carbocycles. The van der Waals surface area contributed by atoms with Crippen molar-refractivity contribution in [2.45, 2.75) is 20.5 Å². The summed E-state index contributed by atoms with van der Waals surface area (Å²) in [7, 11) is 0. The fraction of sp³-hybridized carbons (Fsp3) is 0.120. The molecule has 0 spiro atoms. The number of anilines is 2. The van der Waals surface area contributed by atoms with Crippen molar-refractivity contribution in [2.75, 3.05) is 11.1 Å². The summed E-state index contributed by atoms with van der Waals surface area (Å²) in [6, 6.07) is 19.5. The number of fused-ring (bicyclic) bond motifs is 1. The molecule has 0 bridgehead atoms. The van der Waals surface area contributed by atoms with Crippen LogP contribution in [-0.2, 0) is 6.61 Å². The molecule has 156 valence electrons. The van der Waals surface area contributed by atoms with Crippen LogP contribution in [0.4, 0.5) is 11.4 Å². The van der Waals surface area contributed by atoms with E-state index in [0.29, 0.717) is 22.7 Å². The number of phenolic OH excluding ortho intramolecular Hbond substituents is 1. The van der Waals surface area contributed by atoms with E-state index in [-0.39, 0.29) is 18.3 Å². The van der Waals surface area contributed by atoms with E-state index in [0.717, 1.165) is 27.7 Å². The lowest BCUT2D eigenvalue weighted by atomic mass is 10.1. The Morgan fingerprint density at radius 3 is 2.68 bits per heavy atom. The second-order valence-electron chi connectivity index (χ2n) is 7.43. The zero-order chi connectivity index (χ0) is 22.0. The predicted octanol–water partition coefficient (Wildman–Crippen LogP) is 4.97. The van der Waals surface area contributed by atoms with Crippen molar-refractivity contribution in [1.29, 1.82) is 0 Å². The number of nitrogens with zero attached hydrogens (tertiary/aromatic N) is 1. The van der Waals surface area contributed by atoms with Gasteiger partial charge in [-0.15, -0.1) is 0 Å². The van der Waals surface area contributed by atoms with E-state index in [4.69, 9.17) is 10.5 Å². The first kappa shape index (κ1) is 20.2. The number of aromatic nitrogens is 1. The second kappa shape index (κ2) is 8.36. The monoisotopic (exact) mass is 413 g/mol. The van der Waals surface area contributed by atoms with Crippen molar-refractivity contribution in [1.82, 2.24) is 4.98 Å². The normalized spacial score (nSPS) is 10.8. The summed E-state index contributed by atoms with van der Waals surface area (Å²) in [6.45, 7) is 3.97. The first-order valence-electron chi connectivity index (χ1n) is 9.89. The average Bonchev–Trinajstić information content (AvgIpc) is 2.74. The molecule has 0 atom stereocenters. The Morgan fingerprint density at radius 1 is 1.06 bits per heavy atom. The molecule has 0 fully saturated rings. The zero-order valence-electron chi connectivity index (χ0n) is 17.3. The van der Waals surface area contributed by atoms with Crippen LogP contribution in [0.5, 0.6) is 11.5 Å². The third kappa shape index (κ3) is 4.43. The van der Waals surface area contributed by atoms with Crippen LogP contribution < -0.4 is 15.8 Å². The number of carbonyl (C=O) groups is 1. The Bertz CT molecular complexity index is 1280. The maximum atomic E-state index is 13.0. The SMILES string of the molecule is Cc1cc(N)c2cc(NC(=O)c3ccccc3COc3ccc(O)cc3C)ccc2n1. The highest BCUT2D eigenvalue weighted by molar-refractivity contribution is 6.06. The Labute approximate surface area is 180 Å². The first-order chi connectivity index (χ1) is 14.9. The smallest absolute Gasteiger partial charge is 0.256 e. The second-order valence-corrected chi connectivity index (χ2v) is 7.43. The Morgan fingerprint density at radius 2 is 1.87 bits per heavy atom. The standard InChI is InChI=1S/C25H23N3O3/c1-15-11-19(29)8-10-24(15)31-14-17-5-3-4-6-20(17)25(30)28-18-7-9-23-21(13-18)22(26)12-16(2)27-23/h3-13,29H,14H2,1-2H3,(H2,26,27)(H,28,30). The van der Waals surface area contributed by atoms with E-state index in [2.05, 4.69) is 10.3 Å². The zero-order valence-corrected chi connectivity index (χ0v) is 17.3. The molecule has 0 saturated carbocycles. The average molecular weight is 413 g/mol. The highest BCUT2D eigenvalue weighted by Crippen LogP contribution is 2.26. The van der Waals surface area contributed by atoms with Crippen LogP contribution in [0.2, 0.25) is 0 Å². The summed E-state index contributed by atoms with van der Waals surface area (Å²) in [5.74, 6) is 0.603. The number of hydrogen-bond donors (Lipinski definition) is 3. The molecule has 6 nitrogen and oxygen atoms in total. The number of benzene rings is 3. The van der Waals surface area contributed by atoms with E-state index in [1.807, 2.05) is 56.3 Å². The van der Waals surface area contributed by atoms with E-state index in [1.165, 1.54) is 0 Å². The van der Waals surface area contributed by atoms with Crippen molar-refractivity contribution in [2.24, 2.45) is 0 Å². The molecule has 6 heteroatoms. The lowest BCUT2D eigenvalue weighted by Gasteiger charge is -2.13. The summed E-state index contributed by atoms with van der Waals surface area (Å²) >= 11 is 0. The maximum absolute atomic E-state index is 13.0. The predicted molar refractivity (Wildman–Crippen MR) is 122 cm³/mol. The van der Waals surface area contributed by atoms with Gasteiger partial charge < -0.3 is 20.9 Å². The van der Waals surface area contributed by atoms with Crippen LogP contribution in [-0.4, -0.2) is 16.0 Å². The Kier molecular flexibility index (Phi) is 5.45. The van der Waals surface area contributed by atoms with Gasteiger partial charge in [-0.05, 0) is 67.9 Å². The minimum Gasteiger partial charge on any atom is -0.508 e. The highest BCUT2D eigenvalue weighted by atomic mass is 16.5. The number of hydrogen-bond acceptors (Lipinski definition) is 5. The Hall–Kier alpha value is -4.06. The molecule has 0 saturated heterocycles. The number of pyridine rings is 1. The van der Waals surface area contributed by atoms with Crippen LogP contribution in [0.1, 0.15) is 27.2 Å². The summed E-state index contributed by atoms with van der Waals surface area (Å²) < 4.78 is 5.89. The van der Waals surface area contributed by atoms with Crippen molar-refractivity contribution in [3.05, 3.63) is 89.1 Å². The van der Waals surface area contributed by atoms with Gasteiger partial charge in [0.25, 0.3) is 5.91 Å². The van der Waals surface area contributed by atoms with Gasteiger partial charge in [0, 0.05) is 33.6 Å². The van der Waals surface area contributed by atoms with Gasteiger partial charge >= 0.3 is 0 Å². The van der Waals surface area contributed by atoms with Gasteiger partial charge in [0.2, 0.25) is 0 Å². The van der Waals surface area contributed by atoms with Gasteiger partial charge in [-0.25, -0.2) is 0 Å². The van der Waals surface area contributed by atoms with Gasteiger partial charge in [-0.3, -0.25) is 9.78 Å². The van der Waals surface area contributed by atoms with Crippen molar-refractivity contribution in [3.63, 3.8) is 0 Å². The lowest BCUT2D eigenvalue weighted by molar-refractivity contribution is 0.102. The minimum absolute atomic E-state index is 0.186. The molecule has 0 aliphatic heterocycles. The number of nitrogens with one attached hydrogen (secondary N) is 1. The van der Waals surface area contributed by atoms with Crippen LogP contribution in [0.3, 0.4) is 0 Å². The number of nitrogen functional groups attached to an aromatic ring is 1. The van der Waals surface area contributed by atoms with Crippen LogP contribution in [0, 0.1) is 13.8 Å². The number of phenols is 1. The van der Waals surface area contributed by atoms with Crippen LogP contribution in [0.15, 0.2) is 66.7 Å². The van der Waals surface area contributed by atoms with Gasteiger partial charge in [-0.1, -0.05) is 18.2 Å². The fourth-order valence-corrected chi connectivity index (χ4v) is 3.48. The summed E-state index contributed by atoms with van der Waals surface area (Å²) in [5.41, 5.74) is 11.1. The van der Waals surface area contributed by atoms with Gasteiger partial charge in [-0.2, -0.15) is 0 Å².